The number of halogens is 1. The van der Waals surface area contributed by atoms with E-state index in [2.05, 4.69) is 4.99 Å². The van der Waals surface area contributed by atoms with Crippen LogP contribution < -0.4 is 10.4 Å². The lowest BCUT2D eigenvalue weighted by molar-refractivity contribution is 0.104. The summed E-state index contributed by atoms with van der Waals surface area (Å²) in [6, 6.07) is 3.80. The Morgan fingerprint density at radius 2 is 2.00 bits per heavy atom. The van der Waals surface area contributed by atoms with Gasteiger partial charge in [0.25, 0.3) is 0 Å². The highest BCUT2D eigenvalue weighted by molar-refractivity contribution is 6.07. The van der Waals surface area contributed by atoms with Gasteiger partial charge in [-0.1, -0.05) is 18.2 Å². The molecular weight excluding hydrogens is 210 g/mol. The SMILES string of the molecule is Cl.O=C1C=CC=c2c1ccc1c2=CN=C1. The second kappa shape index (κ2) is 3.48. The maximum Gasteiger partial charge on any atom is 0.186 e. The van der Waals surface area contributed by atoms with Crippen LogP contribution in [0.4, 0.5) is 0 Å². The molecule has 0 spiro atoms. The number of nitrogens with zero attached hydrogens (tertiary/aromatic N) is 1. The summed E-state index contributed by atoms with van der Waals surface area (Å²) in [6.45, 7) is 0. The standard InChI is InChI=1S/C12H7NO.ClH/c14-12-3-1-2-9-10(12)5-4-8-6-13-7-11(8)9;/h1-7H;1H. The number of ketones is 1. The Bertz CT molecular complexity index is 611. The minimum absolute atomic E-state index is 0. The molecule has 1 aliphatic heterocycles. The fraction of sp³-hybridized carbons (Fsp3) is 0. The van der Waals surface area contributed by atoms with Crippen molar-refractivity contribution in [3.63, 3.8) is 0 Å². The molecule has 0 atom stereocenters. The van der Waals surface area contributed by atoms with Crippen molar-refractivity contribution in [2.45, 2.75) is 0 Å². The Balaban J connectivity index is 0.000000853. The molecule has 3 heteroatoms. The second-order valence-corrected chi connectivity index (χ2v) is 3.33. The molecule has 2 aliphatic rings. The monoisotopic (exact) mass is 217 g/mol. The average molecular weight is 218 g/mol. The maximum atomic E-state index is 11.5. The van der Waals surface area contributed by atoms with Crippen LogP contribution in [0.25, 0.3) is 12.3 Å². The number of fused-ring (bicyclic) bond motifs is 3. The highest BCUT2D eigenvalue weighted by Gasteiger charge is 2.10. The highest BCUT2D eigenvalue weighted by atomic mass is 35.5. The number of hydrogen-bond acceptors (Lipinski definition) is 2. The summed E-state index contributed by atoms with van der Waals surface area (Å²) in [7, 11) is 0. The van der Waals surface area contributed by atoms with Gasteiger partial charge in [-0.05, 0) is 17.4 Å². The number of allylic oxidation sites excluding steroid dienone is 2. The van der Waals surface area contributed by atoms with E-state index in [1.807, 2.05) is 24.4 Å². The van der Waals surface area contributed by atoms with Crippen LogP contribution in [0.2, 0.25) is 0 Å². The number of carbonyl (C=O) groups excluding carboxylic acids is 1. The van der Waals surface area contributed by atoms with Crippen LogP contribution in [0.15, 0.2) is 29.3 Å². The third-order valence-corrected chi connectivity index (χ3v) is 2.51. The van der Waals surface area contributed by atoms with E-state index >= 15 is 0 Å². The first-order chi connectivity index (χ1) is 6.86. The van der Waals surface area contributed by atoms with Crippen LogP contribution in [-0.2, 0) is 0 Å². The van der Waals surface area contributed by atoms with E-state index in [4.69, 9.17) is 0 Å². The summed E-state index contributed by atoms with van der Waals surface area (Å²) in [5.74, 6) is 0.0746. The van der Waals surface area contributed by atoms with Crippen LogP contribution in [0.5, 0.6) is 0 Å². The summed E-state index contributed by atoms with van der Waals surface area (Å²) >= 11 is 0. The van der Waals surface area contributed by atoms with Gasteiger partial charge in [0.2, 0.25) is 0 Å². The quantitative estimate of drug-likeness (QED) is 0.633. The maximum absolute atomic E-state index is 11.5. The molecule has 0 bridgehead atoms. The highest BCUT2D eigenvalue weighted by Crippen LogP contribution is 2.01. The zero-order valence-electron chi connectivity index (χ0n) is 7.81. The molecule has 3 rings (SSSR count). The van der Waals surface area contributed by atoms with E-state index in [1.165, 1.54) is 0 Å². The molecule has 1 aromatic carbocycles. The zero-order valence-corrected chi connectivity index (χ0v) is 8.62. The number of aliphatic imine (C=N–C) groups is 1. The van der Waals surface area contributed by atoms with E-state index in [9.17, 15) is 4.79 Å². The molecule has 0 amide bonds. The minimum Gasteiger partial charge on any atom is -0.289 e. The lowest BCUT2D eigenvalue weighted by atomic mass is 9.99. The topological polar surface area (TPSA) is 29.4 Å². The predicted molar refractivity (Wildman–Crippen MR) is 62.9 cm³/mol. The Hall–Kier alpha value is -1.67. The molecular formula is C12H8ClNO. The minimum atomic E-state index is 0. The van der Waals surface area contributed by atoms with Crippen molar-refractivity contribution in [2.75, 3.05) is 0 Å². The van der Waals surface area contributed by atoms with Crippen LogP contribution in [0.3, 0.4) is 0 Å². The first-order valence-corrected chi connectivity index (χ1v) is 4.45. The van der Waals surface area contributed by atoms with Crippen molar-refractivity contribution < 1.29 is 4.79 Å². The number of hydrogen-bond donors (Lipinski definition) is 0. The first kappa shape index (κ1) is 9.87. The van der Waals surface area contributed by atoms with Gasteiger partial charge in [0.05, 0.1) is 0 Å². The van der Waals surface area contributed by atoms with Crippen molar-refractivity contribution >= 4 is 36.7 Å². The van der Waals surface area contributed by atoms with E-state index in [1.54, 1.807) is 18.4 Å². The second-order valence-electron chi connectivity index (χ2n) is 3.33. The lowest BCUT2D eigenvalue weighted by Crippen LogP contribution is -2.33. The van der Waals surface area contributed by atoms with Crippen molar-refractivity contribution in [2.24, 2.45) is 4.99 Å². The molecule has 0 N–H and O–H groups in total. The van der Waals surface area contributed by atoms with E-state index in [-0.39, 0.29) is 18.2 Å². The van der Waals surface area contributed by atoms with Crippen LogP contribution in [-0.4, -0.2) is 12.0 Å². The van der Waals surface area contributed by atoms with Gasteiger partial charge in [0.1, 0.15) is 0 Å². The molecule has 0 unspecified atom stereocenters. The van der Waals surface area contributed by atoms with E-state index < -0.39 is 0 Å². The van der Waals surface area contributed by atoms with Gasteiger partial charge in [-0.25, -0.2) is 0 Å². The van der Waals surface area contributed by atoms with Gasteiger partial charge in [-0.3, -0.25) is 9.79 Å². The molecule has 0 radical (unpaired) electrons. The van der Waals surface area contributed by atoms with Gasteiger partial charge >= 0.3 is 0 Å². The molecule has 0 aromatic heterocycles. The fourth-order valence-electron chi connectivity index (χ4n) is 1.82. The van der Waals surface area contributed by atoms with Gasteiger partial charge in [0.15, 0.2) is 5.78 Å². The van der Waals surface area contributed by atoms with Gasteiger partial charge in [-0.2, -0.15) is 0 Å². The third-order valence-electron chi connectivity index (χ3n) is 2.51. The normalized spacial score (nSPS) is 14.8. The molecule has 0 saturated heterocycles. The third kappa shape index (κ3) is 1.34. The van der Waals surface area contributed by atoms with E-state index in [0.29, 0.717) is 0 Å². The Morgan fingerprint density at radius 3 is 2.87 bits per heavy atom. The summed E-state index contributed by atoms with van der Waals surface area (Å²) in [5, 5.41) is 2.05. The fourth-order valence-corrected chi connectivity index (χ4v) is 1.82. The Labute approximate surface area is 92.8 Å². The van der Waals surface area contributed by atoms with Crippen molar-refractivity contribution in [3.8, 4) is 0 Å². The number of carbonyl (C=O) groups is 1. The van der Waals surface area contributed by atoms with Crippen LogP contribution in [0.1, 0.15) is 15.9 Å². The smallest absolute Gasteiger partial charge is 0.186 e. The van der Waals surface area contributed by atoms with Crippen molar-refractivity contribution in [1.82, 2.24) is 0 Å². The molecule has 1 aliphatic carbocycles. The molecule has 0 saturated carbocycles. The zero-order chi connectivity index (χ0) is 9.54. The molecule has 2 nitrogen and oxygen atoms in total. The summed E-state index contributed by atoms with van der Waals surface area (Å²) < 4.78 is 0. The number of benzene rings is 1. The van der Waals surface area contributed by atoms with Gasteiger partial charge in [-0.15, -0.1) is 12.4 Å². The number of rotatable bonds is 0. The largest absolute Gasteiger partial charge is 0.289 e. The van der Waals surface area contributed by atoms with Gasteiger partial charge < -0.3 is 0 Å². The van der Waals surface area contributed by atoms with Crippen molar-refractivity contribution in [1.29, 1.82) is 0 Å². The molecule has 15 heavy (non-hydrogen) atoms. The summed E-state index contributed by atoms with van der Waals surface area (Å²) in [5.41, 5.74) is 1.86. The van der Waals surface area contributed by atoms with Crippen LogP contribution >= 0.6 is 12.4 Å². The lowest BCUT2D eigenvalue weighted by Gasteiger charge is -2.03. The summed E-state index contributed by atoms with van der Waals surface area (Å²) in [6.07, 6.45) is 8.95. The predicted octanol–water partition coefficient (Wildman–Crippen LogP) is 0.812. The van der Waals surface area contributed by atoms with Gasteiger partial charge in [0, 0.05) is 28.8 Å². The Kier molecular flexibility index (Phi) is 2.29. The first-order valence-electron chi connectivity index (χ1n) is 4.45. The van der Waals surface area contributed by atoms with Crippen LogP contribution in [0, 0.1) is 0 Å². The summed E-state index contributed by atoms with van der Waals surface area (Å²) in [4.78, 5) is 15.6. The average Bonchev–Trinajstić information content (AvgIpc) is 2.66. The molecule has 0 fully saturated rings. The molecule has 74 valence electrons. The van der Waals surface area contributed by atoms with E-state index in [0.717, 1.165) is 21.6 Å². The molecule has 1 heterocycles. The van der Waals surface area contributed by atoms with Crippen molar-refractivity contribution in [3.05, 3.63) is 45.8 Å². The molecule has 1 aromatic rings. The Morgan fingerprint density at radius 1 is 1.13 bits per heavy atom.